The van der Waals surface area contributed by atoms with Crippen LogP contribution in [0, 0.1) is 0 Å². The van der Waals surface area contributed by atoms with E-state index in [2.05, 4.69) is 24.4 Å². The van der Waals surface area contributed by atoms with Crippen LogP contribution in [-0.2, 0) is 10.4 Å². The van der Waals surface area contributed by atoms with Gasteiger partial charge in [-0.15, -0.1) is 0 Å². The zero-order valence-corrected chi connectivity index (χ0v) is 11.1. The molecule has 0 aliphatic carbocycles. The van der Waals surface area contributed by atoms with Crippen molar-refractivity contribution in [2.24, 2.45) is 21.7 Å². The molecule has 10 N–H and O–H groups in total. The van der Waals surface area contributed by atoms with E-state index in [-0.39, 0.29) is 8.64 Å². The van der Waals surface area contributed by atoms with Crippen molar-refractivity contribution in [2.45, 2.75) is 0 Å². The zero-order chi connectivity index (χ0) is 13.1. The van der Waals surface area contributed by atoms with Crippen molar-refractivity contribution in [3.63, 3.8) is 0 Å². The fourth-order valence-electron chi connectivity index (χ4n) is 0. The quantitative estimate of drug-likeness (QED) is 0.183. The molecule has 0 atom stereocenters. The molecule has 0 aliphatic rings. The van der Waals surface area contributed by atoms with Gasteiger partial charge in [-0.2, -0.15) is 8.42 Å². The van der Waals surface area contributed by atoms with E-state index in [4.69, 9.17) is 39.3 Å². The molecule has 0 bridgehead atoms. The summed E-state index contributed by atoms with van der Waals surface area (Å²) >= 11 is 10.4. The normalized spacial score (nSPS) is 8.80. The molecule has 15 heavy (non-hydrogen) atoms. The third-order valence-corrected chi connectivity index (χ3v) is 1.27. The van der Waals surface area contributed by atoms with Crippen molar-refractivity contribution in [3.8, 4) is 0 Å². The predicted molar refractivity (Wildman–Crippen MR) is 71.3 cm³/mol. The van der Waals surface area contributed by atoms with Crippen LogP contribution in [0.2, 0.25) is 0 Å². The molecule has 0 spiro atoms. The second kappa shape index (κ2) is 12.3. The summed E-state index contributed by atoms with van der Waals surface area (Å²) in [5.74, 6) is 0. The maximum Gasteiger partial charge on any atom is 0.394 e. The van der Waals surface area contributed by atoms with E-state index in [9.17, 15) is 0 Å². The third kappa shape index (κ3) is 118. The van der Waals surface area contributed by atoms with Crippen LogP contribution < -0.4 is 21.7 Å². The topological polar surface area (TPSA) is 179 Å². The first-order valence-electron chi connectivity index (χ1n) is 2.56. The number of hydrogen-bond donors (Lipinski definition) is 6. The Balaban J connectivity index is -0.000000144. The van der Waals surface area contributed by atoms with Gasteiger partial charge in [-0.1, -0.05) is 24.4 Å². The first-order chi connectivity index (χ1) is 6.54. The molecule has 0 saturated heterocycles. The largest absolute Gasteiger partial charge is 0.394 e. The van der Waals surface area contributed by atoms with Crippen molar-refractivity contribution < 1.29 is 17.5 Å². The van der Waals surface area contributed by atoms with Crippen LogP contribution in [0.3, 0.4) is 0 Å². The Hall–Kier alpha value is 0.270. The Morgan fingerprint density at radius 1 is 1.00 bits per heavy atom. The van der Waals surface area contributed by atoms with Gasteiger partial charge in [-0.25, -0.2) is 0 Å². The minimum atomic E-state index is -4.67. The second-order valence-electron chi connectivity index (χ2n) is 1.32. The summed E-state index contributed by atoms with van der Waals surface area (Å²) in [6.45, 7) is 0. The molecule has 13 heteroatoms. The number of hydrogen-bond acceptors (Lipinski definition) is 8. The smallest absolute Gasteiger partial charge is 0.384 e. The third-order valence-electron chi connectivity index (χ3n) is 0.232. The highest BCUT2D eigenvalue weighted by Crippen LogP contribution is 1.80. The van der Waals surface area contributed by atoms with Crippen LogP contribution in [0.4, 0.5) is 0 Å². The number of rotatable bonds is 0. The van der Waals surface area contributed by atoms with Gasteiger partial charge >= 0.3 is 10.4 Å². The van der Waals surface area contributed by atoms with Gasteiger partial charge in [0.25, 0.3) is 0 Å². The minimum absolute atomic E-state index is 0.282. The van der Waals surface area contributed by atoms with E-state index in [1.54, 1.807) is 0 Å². The molecule has 0 rings (SSSR count). The summed E-state index contributed by atoms with van der Waals surface area (Å²) in [5, 5.41) is 9.64. The van der Waals surface area contributed by atoms with Gasteiger partial charge in [0.05, 0.1) is 0 Å². The Labute approximate surface area is 106 Å². The summed E-state index contributed by atoms with van der Waals surface area (Å²) in [6.07, 6.45) is 0. The van der Waals surface area contributed by atoms with E-state index < -0.39 is 10.4 Å². The Morgan fingerprint density at radius 3 is 1.07 bits per heavy atom. The summed E-state index contributed by atoms with van der Waals surface area (Å²) in [4.78, 5) is 0. The van der Waals surface area contributed by atoms with Crippen LogP contribution in [0.15, 0.2) is 0 Å². The maximum atomic E-state index is 8.74. The monoisotopic (exact) mass is 314 g/mol. The highest BCUT2D eigenvalue weighted by atomic mass is 32.3. The van der Waals surface area contributed by atoms with Crippen LogP contribution in [0.5, 0.6) is 0 Å². The first-order valence-corrected chi connectivity index (χ1v) is 6.54. The van der Waals surface area contributed by atoms with Crippen molar-refractivity contribution in [1.29, 1.82) is 0 Å². The molecule has 0 radical (unpaired) electrons. The van der Waals surface area contributed by atoms with Gasteiger partial charge in [0.2, 0.25) is 0 Å². The lowest BCUT2D eigenvalue weighted by Gasteiger charge is -1.78. The van der Waals surface area contributed by atoms with Crippen LogP contribution in [0.1, 0.15) is 0 Å². The summed E-state index contributed by atoms with van der Waals surface area (Å²) < 4.78 is 32.1. The molecule has 0 aromatic heterocycles. The molecule has 0 amide bonds. The highest BCUT2D eigenvalue weighted by Gasteiger charge is 1.84. The predicted octanol–water partition coefficient (Wildman–Crippen LogP) is -0.979. The Kier molecular flexibility index (Phi) is 17.0. The fraction of sp³-hybridized carbons (Fsp3) is 0. The lowest BCUT2D eigenvalue weighted by molar-refractivity contribution is 0.381. The molecule has 0 fully saturated rings. The van der Waals surface area contributed by atoms with Gasteiger partial charge in [0, 0.05) is 0 Å². The Bertz CT molecular complexity index is 255. The fourth-order valence-corrected chi connectivity index (χ4v) is 0. The van der Waals surface area contributed by atoms with Gasteiger partial charge in [-0.05, 0) is 23.9 Å². The molecule has 92 valence electrons. The van der Waals surface area contributed by atoms with Crippen LogP contribution >= 0.6 is 48.3 Å². The van der Waals surface area contributed by atoms with Gasteiger partial charge in [-0.3, -0.25) is 19.4 Å². The van der Waals surface area contributed by atoms with Gasteiger partial charge in [0.1, 0.15) is 8.64 Å². The molecule has 0 aliphatic heterocycles. The standard InChI is InChI=1S/2CH4N2S2.H2O4S/c2*2-1(4)5-3;1-5(2,3)4/h2*3H2,(H2,2,4);(H2,1,2,3,4). The van der Waals surface area contributed by atoms with Gasteiger partial charge < -0.3 is 11.5 Å². The van der Waals surface area contributed by atoms with E-state index in [0.29, 0.717) is 0 Å². The average molecular weight is 314 g/mol. The lowest BCUT2D eigenvalue weighted by Crippen LogP contribution is -2.04. The molecule has 0 unspecified atom stereocenters. The first kappa shape index (κ1) is 20.7. The maximum absolute atomic E-state index is 8.74. The lowest BCUT2D eigenvalue weighted by atomic mass is 11.5. The second-order valence-corrected chi connectivity index (χ2v) is 4.96. The van der Waals surface area contributed by atoms with E-state index in [0.717, 1.165) is 23.9 Å². The molecule has 0 aromatic rings. The average Bonchev–Trinajstić information content (AvgIpc) is 2.02. The molecule has 0 heterocycles. The summed E-state index contributed by atoms with van der Waals surface area (Å²) in [5.41, 5.74) is 9.72. The Morgan fingerprint density at radius 2 is 1.07 bits per heavy atom. The number of nitrogens with two attached hydrogens (primary N) is 4. The SMILES string of the molecule is NSC(N)=S.NSC(N)=S.O=S(=O)(O)O. The number of thiocarbonyl (C=S) groups is 2. The van der Waals surface area contributed by atoms with Crippen LogP contribution in [-0.4, -0.2) is 26.2 Å². The molecule has 0 aromatic carbocycles. The van der Waals surface area contributed by atoms with E-state index in [1.807, 2.05) is 0 Å². The van der Waals surface area contributed by atoms with Crippen molar-refractivity contribution in [2.75, 3.05) is 0 Å². The van der Waals surface area contributed by atoms with Gasteiger partial charge in [0.15, 0.2) is 0 Å². The van der Waals surface area contributed by atoms with E-state index in [1.165, 1.54) is 0 Å². The highest BCUT2D eigenvalue weighted by molar-refractivity contribution is 8.21. The molecular weight excluding hydrogens is 304 g/mol. The van der Waals surface area contributed by atoms with Crippen molar-refractivity contribution >= 4 is 67.4 Å². The summed E-state index contributed by atoms with van der Waals surface area (Å²) in [6, 6.07) is 0. The molecule has 8 nitrogen and oxygen atoms in total. The summed E-state index contributed by atoms with van der Waals surface area (Å²) in [7, 11) is -4.67. The zero-order valence-electron chi connectivity index (χ0n) is 7.06. The van der Waals surface area contributed by atoms with Crippen molar-refractivity contribution in [3.05, 3.63) is 0 Å². The molecule has 0 saturated carbocycles. The van der Waals surface area contributed by atoms with Crippen molar-refractivity contribution in [1.82, 2.24) is 0 Å². The molecular formula is C2H10N4O4S5. The minimum Gasteiger partial charge on any atom is -0.384 e. The van der Waals surface area contributed by atoms with Crippen LogP contribution in [0.25, 0.3) is 0 Å². The van der Waals surface area contributed by atoms with E-state index >= 15 is 0 Å².